The van der Waals surface area contributed by atoms with Gasteiger partial charge in [0.1, 0.15) is 0 Å². The van der Waals surface area contributed by atoms with E-state index >= 15 is 0 Å². The summed E-state index contributed by atoms with van der Waals surface area (Å²) >= 11 is 0. The summed E-state index contributed by atoms with van der Waals surface area (Å²) in [7, 11) is 1.48. The van der Waals surface area contributed by atoms with Gasteiger partial charge in [-0.25, -0.2) is 0 Å². The van der Waals surface area contributed by atoms with Crippen LogP contribution in [0.3, 0.4) is 0 Å². The number of phenols is 1. The van der Waals surface area contributed by atoms with Gasteiger partial charge in [-0.15, -0.1) is 13.2 Å². The van der Waals surface area contributed by atoms with Gasteiger partial charge in [0.2, 0.25) is 0 Å². The molecule has 0 spiro atoms. The highest BCUT2D eigenvalue weighted by molar-refractivity contribution is 5.43. The molecule has 0 bridgehead atoms. The molecule has 0 fully saturated rings. The van der Waals surface area contributed by atoms with E-state index in [4.69, 9.17) is 4.74 Å². The molecule has 0 amide bonds. The zero-order valence-electron chi connectivity index (χ0n) is 10.0. The van der Waals surface area contributed by atoms with Crippen LogP contribution in [0.15, 0.2) is 43.5 Å². The van der Waals surface area contributed by atoms with Crippen molar-refractivity contribution >= 4 is 0 Å². The number of aliphatic hydroxyl groups is 1. The first-order chi connectivity index (χ1) is 8.07. The second-order valence-corrected chi connectivity index (χ2v) is 3.90. The van der Waals surface area contributed by atoms with Gasteiger partial charge in [-0.05, 0) is 30.5 Å². The Morgan fingerprint density at radius 3 is 2.29 bits per heavy atom. The molecule has 0 atom stereocenters. The van der Waals surface area contributed by atoms with Crippen molar-refractivity contribution in [2.45, 2.75) is 18.4 Å². The zero-order chi connectivity index (χ0) is 12.9. The highest BCUT2D eigenvalue weighted by Crippen LogP contribution is 2.35. The maximum Gasteiger partial charge on any atom is 0.160 e. The Morgan fingerprint density at radius 1 is 1.29 bits per heavy atom. The van der Waals surface area contributed by atoms with Crippen molar-refractivity contribution in [2.75, 3.05) is 7.11 Å². The molecule has 17 heavy (non-hydrogen) atoms. The summed E-state index contributed by atoms with van der Waals surface area (Å²) in [5, 5.41) is 20.2. The molecular weight excluding hydrogens is 216 g/mol. The average molecular weight is 234 g/mol. The highest BCUT2D eigenvalue weighted by atomic mass is 16.5. The maximum absolute atomic E-state index is 10.5. The second kappa shape index (κ2) is 5.55. The van der Waals surface area contributed by atoms with Gasteiger partial charge in [0.25, 0.3) is 0 Å². The minimum absolute atomic E-state index is 0.0107. The van der Waals surface area contributed by atoms with Gasteiger partial charge in [0, 0.05) is 0 Å². The van der Waals surface area contributed by atoms with E-state index in [1.807, 2.05) is 0 Å². The standard InChI is InChI=1S/C14H18O3/c1-4-8-14(16,9-5-2)11-6-7-13(17-3)12(15)10-11/h4-7,10,15-16H,1-2,8-9H2,3H3. The third-order valence-corrected chi connectivity index (χ3v) is 2.68. The fraction of sp³-hybridized carbons (Fsp3) is 0.286. The number of methoxy groups -OCH3 is 1. The van der Waals surface area contributed by atoms with Crippen molar-refractivity contribution in [1.29, 1.82) is 0 Å². The molecule has 0 heterocycles. The Hall–Kier alpha value is -1.74. The van der Waals surface area contributed by atoms with Crippen LogP contribution in [0.5, 0.6) is 11.5 Å². The molecule has 0 saturated carbocycles. The highest BCUT2D eigenvalue weighted by Gasteiger charge is 2.27. The minimum atomic E-state index is -1.08. The van der Waals surface area contributed by atoms with Gasteiger partial charge in [-0.2, -0.15) is 0 Å². The molecule has 1 rings (SSSR count). The molecule has 0 aliphatic rings. The van der Waals surface area contributed by atoms with Gasteiger partial charge in [-0.3, -0.25) is 0 Å². The molecule has 0 unspecified atom stereocenters. The molecule has 3 nitrogen and oxygen atoms in total. The van der Waals surface area contributed by atoms with Crippen LogP contribution >= 0.6 is 0 Å². The number of rotatable bonds is 6. The second-order valence-electron chi connectivity index (χ2n) is 3.90. The van der Waals surface area contributed by atoms with Crippen LogP contribution in [0.4, 0.5) is 0 Å². The summed E-state index contributed by atoms with van der Waals surface area (Å²) in [6, 6.07) is 4.86. The lowest BCUT2D eigenvalue weighted by Gasteiger charge is -2.26. The lowest BCUT2D eigenvalue weighted by molar-refractivity contribution is 0.0427. The van der Waals surface area contributed by atoms with Crippen LogP contribution in [0.25, 0.3) is 0 Å². The fourth-order valence-corrected chi connectivity index (χ4v) is 1.78. The summed E-state index contributed by atoms with van der Waals surface area (Å²) < 4.78 is 4.96. The Balaban J connectivity index is 3.14. The quantitative estimate of drug-likeness (QED) is 0.744. The van der Waals surface area contributed by atoms with Gasteiger partial charge < -0.3 is 14.9 Å². The summed E-state index contributed by atoms with van der Waals surface area (Å²) in [4.78, 5) is 0. The van der Waals surface area contributed by atoms with Gasteiger partial charge >= 0.3 is 0 Å². The number of benzene rings is 1. The molecule has 2 N–H and O–H groups in total. The summed E-state index contributed by atoms with van der Waals surface area (Å²) in [6.07, 6.45) is 4.07. The van der Waals surface area contributed by atoms with E-state index in [-0.39, 0.29) is 5.75 Å². The Morgan fingerprint density at radius 2 is 1.88 bits per heavy atom. The largest absolute Gasteiger partial charge is 0.504 e. The first-order valence-electron chi connectivity index (χ1n) is 5.39. The lowest BCUT2D eigenvalue weighted by Crippen LogP contribution is -2.24. The van der Waals surface area contributed by atoms with E-state index in [1.54, 1.807) is 24.3 Å². The number of phenolic OH excluding ortho intramolecular Hbond substituents is 1. The van der Waals surface area contributed by atoms with Gasteiger partial charge in [-0.1, -0.05) is 18.2 Å². The van der Waals surface area contributed by atoms with Crippen molar-refractivity contribution in [3.05, 3.63) is 49.1 Å². The minimum Gasteiger partial charge on any atom is -0.504 e. The summed E-state index contributed by atoms with van der Waals surface area (Å²) in [6.45, 7) is 7.26. The van der Waals surface area contributed by atoms with E-state index in [0.29, 0.717) is 24.2 Å². The van der Waals surface area contributed by atoms with E-state index < -0.39 is 5.60 Å². The number of hydrogen-bond donors (Lipinski definition) is 2. The predicted molar refractivity (Wildman–Crippen MR) is 68.2 cm³/mol. The molecule has 1 aromatic carbocycles. The number of hydrogen-bond acceptors (Lipinski definition) is 3. The fourth-order valence-electron chi connectivity index (χ4n) is 1.78. The van der Waals surface area contributed by atoms with E-state index in [2.05, 4.69) is 13.2 Å². The molecule has 1 aromatic rings. The Bertz CT molecular complexity index is 400. The Kier molecular flexibility index (Phi) is 4.35. The van der Waals surface area contributed by atoms with E-state index in [9.17, 15) is 10.2 Å². The molecule has 0 aliphatic carbocycles. The topological polar surface area (TPSA) is 49.7 Å². The van der Waals surface area contributed by atoms with Crippen LogP contribution in [0, 0.1) is 0 Å². The van der Waals surface area contributed by atoms with E-state index in [0.717, 1.165) is 0 Å². The first-order valence-corrected chi connectivity index (χ1v) is 5.39. The number of ether oxygens (including phenoxy) is 1. The molecular formula is C14H18O3. The van der Waals surface area contributed by atoms with E-state index in [1.165, 1.54) is 13.2 Å². The van der Waals surface area contributed by atoms with Crippen LogP contribution in [0.2, 0.25) is 0 Å². The van der Waals surface area contributed by atoms with Gasteiger partial charge in [0.05, 0.1) is 12.7 Å². The normalized spacial score (nSPS) is 10.9. The van der Waals surface area contributed by atoms with Crippen molar-refractivity contribution in [1.82, 2.24) is 0 Å². The summed E-state index contributed by atoms with van der Waals surface area (Å²) in [5.41, 5.74) is -0.455. The van der Waals surface area contributed by atoms with Crippen molar-refractivity contribution in [2.24, 2.45) is 0 Å². The molecule has 0 aliphatic heterocycles. The smallest absolute Gasteiger partial charge is 0.160 e. The SMILES string of the molecule is C=CCC(O)(CC=C)c1ccc(OC)c(O)c1. The monoisotopic (exact) mass is 234 g/mol. The third kappa shape index (κ3) is 2.88. The van der Waals surface area contributed by atoms with Crippen LogP contribution in [-0.4, -0.2) is 17.3 Å². The third-order valence-electron chi connectivity index (χ3n) is 2.68. The molecule has 0 aromatic heterocycles. The van der Waals surface area contributed by atoms with Crippen LogP contribution < -0.4 is 4.74 Å². The first kappa shape index (κ1) is 13.3. The number of aromatic hydroxyl groups is 1. The van der Waals surface area contributed by atoms with Crippen molar-refractivity contribution < 1.29 is 14.9 Å². The van der Waals surface area contributed by atoms with Crippen molar-refractivity contribution in [3.8, 4) is 11.5 Å². The predicted octanol–water partition coefficient (Wildman–Crippen LogP) is 2.74. The van der Waals surface area contributed by atoms with Crippen LogP contribution in [-0.2, 0) is 5.60 Å². The van der Waals surface area contributed by atoms with Crippen LogP contribution in [0.1, 0.15) is 18.4 Å². The molecule has 3 heteroatoms. The molecule has 0 radical (unpaired) electrons. The molecule has 0 saturated heterocycles. The average Bonchev–Trinajstić information content (AvgIpc) is 2.29. The Labute approximate surface area is 102 Å². The van der Waals surface area contributed by atoms with Gasteiger partial charge in [0.15, 0.2) is 11.5 Å². The lowest BCUT2D eigenvalue weighted by atomic mass is 9.87. The van der Waals surface area contributed by atoms with Crippen molar-refractivity contribution in [3.63, 3.8) is 0 Å². The maximum atomic E-state index is 10.5. The summed E-state index contributed by atoms with van der Waals surface area (Å²) in [5.74, 6) is 0.393. The molecule has 92 valence electrons. The zero-order valence-corrected chi connectivity index (χ0v) is 10.0.